The van der Waals surface area contributed by atoms with E-state index in [-0.39, 0.29) is 0 Å². The van der Waals surface area contributed by atoms with Crippen molar-refractivity contribution in [3.63, 3.8) is 0 Å². The van der Waals surface area contributed by atoms with Crippen LogP contribution >= 0.6 is 0 Å². The molecule has 5 heteroatoms. The summed E-state index contributed by atoms with van der Waals surface area (Å²) in [5, 5.41) is 0. The molecule has 0 aromatic heterocycles. The largest absolute Gasteiger partial charge is 0.440 e. The topological polar surface area (TPSA) is 95.4 Å². The maximum Gasteiger partial charge on any atom is 0.331 e. The third-order valence-electron chi connectivity index (χ3n) is 0.852. The molecule has 0 saturated heterocycles. The summed E-state index contributed by atoms with van der Waals surface area (Å²) in [4.78, 5) is 19.8. The standard InChI is InChI=1S/C6H9NO2.C3H5NO/c1-3-5(7)9-6(8)4-2;1-2-3(4)5/h3-5H,1-2,7H2;2H,1H2,(H2,4,5). The molecule has 5 nitrogen and oxygen atoms in total. The number of hydrogen-bond donors (Lipinski definition) is 2. The molecule has 4 N–H and O–H groups in total. The number of primary amides is 1. The lowest BCUT2D eigenvalue weighted by Gasteiger charge is -2.04. The van der Waals surface area contributed by atoms with E-state index in [1.165, 1.54) is 6.08 Å². The monoisotopic (exact) mass is 198 g/mol. The zero-order chi connectivity index (χ0) is 11.6. The fourth-order valence-electron chi connectivity index (χ4n) is 0.230. The van der Waals surface area contributed by atoms with Gasteiger partial charge in [0, 0.05) is 6.08 Å². The van der Waals surface area contributed by atoms with E-state index < -0.39 is 18.1 Å². The van der Waals surface area contributed by atoms with Crippen molar-refractivity contribution in [2.75, 3.05) is 0 Å². The molecule has 0 fully saturated rings. The van der Waals surface area contributed by atoms with Gasteiger partial charge in [-0.1, -0.05) is 19.7 Å². The Labute approximate surface area is 82.7 Å². The first-order valence-corrected chi connectivity index (χ1v) is 3.61. The summed E-state index contributed by atoms with van der Waals surface area (Å²) >= 11 is 0. The molecule has 1 unspecified atom stereocenters. The molecule has 0 aromatic rings. The van der Waals surface area contributed by atoms with Crippen LogP contribution in [0.5, 0.6) is 0 Å². The molecule has 0 spiro atoms. The van der Waals surface area contributed by atoms with E-state index in [1.54, 1.807) is 0 Å². The van der Waals surface area contributed by atoms with Crippen LogP contribution in [0.25, 0.3) is 0 Å². The van der Waals surface area contributed by atoms with Gasteiger partial charge in [0.2, 0.25) is 5.91 Å². The van der Waals surface area contributed by atoms with Crippen LogP contribution in [0.2, 0.25) is 0 Å². The SMILES string of the molecule is C=CC(=O)OC(N)C=C.C=CC(N)=O. The second kappa shape index (κ2) is 9.21. The van der Waals surface area contributed by atoms with Gasteiger partial charge >= 0.3 is 5.97 Å². The Hall–Kier alpha value is -1.88. The molecule has 0 heterocycles. The maximum atomic E-state index is 10.3. The van der Waals surface area contributed by atoms with Gasteiger partial charge in [0.15, 0.2) is 6.23 Å². The quantitative estimate of drug-likeness (QED) is 0.284. The molecule has 0 aliphatic carbocycles. The fraction of sp³-hybridized carbons (Fsp3) is 0.111. The Morgan fingerprint density at radius 2 is 1.64 bits per heavy atom. The predicted octanol–water partition coefficient (Wildman–Crippen LogP) is -0.156. The number of nitrogens with two attached hydrogens (primary N) is 2. The van der Waals surface area contributed by atoms with Crippen molar-refractivity contribution in [1.82, 2.24) is 0 Å². The third-order valence-corrected chi connectivity index (χ3v) is 0.852. The van der Waals surface area contributed by atoms with Crippen LogP contribution in [-0.4, -0.2) is 18.1 Å². The Morgan fingerprint density at radius 1 is 1.21 bits per heavy atom. The maximum absolute atomic E-state index is 10.3. The number of rotatable bonds is 4. The van der Waals surface area contributed by atoms with Crippen molar-refractivity contribution in [2.45, 2.75) is 6.23 Å². The minimum atomic E-state index is -0.726. The Kier molecular flexibility index (Phi) is 9.63. The molecular weight excluding hydrogens is 184 g/mol. The minimum absolute atomic E-state index is 0.481. The lowest BCUT2D eigenvalue weighted by Crippen LogP contribution is -2.23. The van der Waals surface area contributed by atoms with Crippen LogP contribution in [0, 0.1) is 0 Å². The predicted molar refractivity (Wildman–Crippen MR) is 53.9 cm³/mol. The van der Waals surface area contributed by atoms with Gasteiger partial charge < -0.3 is 10.5 Å². The van der Waals surface area contributed by atoms with Gasteiger partial charge in [-0.15, -0.1) is 0 Å². The zero-order valence-electron chi connectivity index (χ0n) is 7.81. The van der Waals surface area contributed by atoms with Crippen molar-refractivity contribution in [2.24, 2.45) is 11.5 Å². The first kappa shape index (κ1) is 14.6. The lowest BCUT2D eigenvalue weighted by atomic mass is 10.5. The zero-order valence-corrected chi connectivity index (χ0v) is 7.81. The van der Waals surface area contributed by atoms with Gasteiger partial charge in [0.05, 0.1) is 0 Å². The highest BCUT2D eigenvalue weighted by Gasteiger charge is 1.98. The van der Waals surface area contributed by atoms with Crippen LogP contribution < -0.4 is 11.5 Å². The van der Waals surface area contributed by atoms with Crippen LogP contribution in [0.3, 0.4) is 0 Å². The number of esters is 1. The van der Waals surface area contributed by atoms with Crippen LogP contribution in [0.1, 0.15) is 0 Å². The first-order valence-electron chi connectivity index (χ1n) is 3.61. The van der Waals surface area contributed by atoms with E-state index in [0.29, 0.717) is 0 Å². The van der Waals surface area contributed by atoms with Crippen molar-refractivity contribution in [1.29, 1.82) is 0 Å². The lowest BCUT2D eigenvalue weighted by molar-refractivity contribution is -0.140. The molecule has 1 atom stereocenters. The molecule has 0 aliphatic heterocycles. The van der Waals surface area contributed by atoms with E-state index in [0.717, 1.165) is 12.2 Å². The molecule has 0 aromatic carbocycles. The molecule has 78 valence electrons. The van der Waals surface area contributed by atoms with E-state index in [9.17, 15) is 9.59 Å². The molecule has 0 bridgehead atoms. The Bertz CT molecular complexity index is 236. The number of amides is 1. The van der Waals surface area contributed by atoms with Crippen molar-refractivity contribution in [3.05, 3.63) is 38.0 Å². The third kappa shape index (κ3) is 12.8. The van der Waals surface area contributed by atoms with Crippen LogP contribution in [0.4, 0.5) is 0 Å². The van der Waals surface area contributed by atoms with Gasteiger partial charge in [-0.25, -0.2) is 4.79 Å². The average Bonchev–Trinajstić information content (AvgIpc) is 2.18. The van der Waals surface area contributed by atoms with Gasteiger partial charge in [-0.3, -0.25) is 10.5 Å². The number of carbonyl (C=O) groups excluding carboxylic acids is 2. The Balaban J connectivity index is 0. The summed E-state index contributed by atoms with van der Waals surface area (Å²) in [5.74, 6) is -1.02. The van der Waals surface area contributed by atoms with Gasteiger partial charge in [-0.2, -0.15) is 0 Å². The van der Waals surface area contributed by atoms with E-state index in [2.05, 4.69) is 30.2 Å². The molecule has 1 amide bonds. The summed E-state index contributed by atoms with van der Waals surface area (Å²) in [6, 6.07) is 0. The highest BCUT2D eigenvalue weighted by molar-refractivity contribution is 5.85. The first-order chi connectivity index (χ1) is 6.47. The molecule has 0 aliphatic rings. The second-order valence-corrected chi connectivity index (χ2v) is 1.95. The summed E-state index contributed by atoms with van der Waals surface area (Å²) in [6.45, 7) is 9.58. The smallest absolute Gasteiger partial charge is 0.331 e. The molecule has 0 saturated carbocycles. The van der Waals surface area contributed by atoms with E-state index >= 15 is 0 Å². The normalized spacial score (nSPS) is 9.79. The van der Waals surface area contributed by atoms with Crippen molar-refractivity contribution < 1.29 is 14.3 Å². The van der Waals surface area contributed by atoms with Crippen molar-refractivity contribution >= 4 is 11.9 Å². The average molecular weight is 198 g/mol. The van der Waals surface area contributed by atoms with Gasteiger partial charge in [0.25, 0.3) is 0 Å². The van der Waals surface area contributed by atoms with Crippen LogP contribution in [0.15, 0.2) is 38.0 Å². The second-order valence-electron chi connectivity index (χ2n) is 1.95. The summed E-state index contributed by atoms with van der Waals surface area (Å²) in [5.41, 5.74) is 9.68. The van der Waals surface area contributed by atoms with Crippen LogP contribution in [-0.2, 0) is 14.3 Å². The molecular formula is C9H14N2O3. The van der Waals surface area contributed by atoms with E-state index in [1.807, 2.05) is 0 Å². The van der Waals surface area contributed by atoms with Gasteiger partial charge in [-0.05, 0) is 12.2 Å². The highest BCUT2D eigenvalue weighted by Crippen LogP contribution is 1.84. The summed E-state index contributed by atoms with van der Waals surface area (Å²) < 4.78 is 4.45. The Morgan fingerprint density at radius 3 is 1.86 bits per heavy atom. The number of ether oxygens (including phenoxy) is 1. The van der Waals surface area contributed by atoms with Gasteiger partial charge in [0.1, 0.15) is 0 Å². The van der Waals surface area contributed by atoms with Crippen molar-refractivity contribution in [3.8, 4) is 0 Å². The molecule has 14 heavy (non-hydrogen) atoms. The van der Waals surface area contributed by atoms with E-state index in [4.69, 9.17) is 5.73 Å². The summed E-state index contributed by atoms with van der Waals surface area (Å²) in [7, 11) is 0. The highest BCUT2D eigenvalue weighted by atomic mass is 16.5. The number of hydrogen-bond acceptors (Lipinski definition) is 4. The fourth-order valence-corrected chi connectivity index (χ4v) is 0.230. The molecule has 0 radical (unpaired) electrons. The molecule has 0 rings (SSSR count). The number of carbonyl (C=O) groups is 2. The summed E-state index contributed by atoms with van der Waals surface area (Å²) in [6.07, 6.45) is 2.69. The minimum Gasteiger partial charge on any atom is -0.440 e.